The third-order valence-electron chi connectivity index (χ3n) is 4.39. The molecule has 0 aliphatic heterocycles. The first kappa shape index (κ1) is 14.0. The van der Waals surface area contributed by atoms with Crippen molar-refractivity contribution in [1.82, 2.24) is 10.3 Å². The number of pyridine rings is 1. The van der Waals surface area contributed by atoms with Crippen LogP contribution in [0, 0.1) is 5.92 Å². The standard InChI is InChI=1S/C17H26N2O/c1-2-4-14(5-3-1)12-20-13-17-7-6-15(11-19-17)10-18-16-8-9-16/h6-7,11,14,16,18H,1-5,8-10,12-13H2. The van der Waals surface area contributed by atoms with Gasteiger partial charge in [0.2, 0.25) is 0 Å². The van der Waals surface area contributed by atoms with Crippen molar-refractivity contribution in [2.75, 3.05) is 6.61 Å². The van der Waals surface area contributed by atoms with E-state index < -0.39 is 0 Å². The van der Waals surface area contributed by atoms with Crippen molar-refractivity contribution in [1.29, 1.82) is 0 Å². The summed E-state index contributed by atoms with van der Waals surface area (Å²) in [6, 6.07) is 5.03. The lowest BCUT2D eigenvalue weighted by Gasteiger charge is -2.21. The van der Waals surface area contributed by atoms with Gasteiger partial charge in [-0.05, 0) is 43.2 Å². The highest BCUT2D eigenvalue weighted by atomic mass is 16.5. The minimum Gasteiger partial charge on any atom is -0.375 e. The average Bonchev–Trinajstić information content (AvgIpc) is 3.32. The molecule has 110 valence electrons. The first-order chi connectivity index (χ1) is 9.90. The van der Waals surface area contributed by atoms with E-state index in [-0.39, 0.29) is 0 Å². The number of hydrogen-bond donors (Lipinski definition) is 1. The first-order valence-corrected chi connectivity index (χ1v) is 8.15. The molecule has 3 rings (SSSR count). The lowest BCUT2D eigenvalue weighted by Crippen LogP contribution is -2.15. The van der Waals surface area contributed by atoms with Gasteiger partial charge in [0.1, 0.15) is 0 Å². The van der Waals surface area contributed by atoms with E-state index in [0.717, 1.165) is 30.8 Å². The number of rotatable bonds is 7. The molecular formula is C17H26N2O. The Morgan fingerprint density at radius 3 is 2.65 bits per heavy atom. The van der Waals surface area contributed by atoms with Gasteiger partial charge in [-0.25, -0.2) is 0 Å². The first-order valence-electron chi connectivity index (χ1n) is 8.15. The van der Waals surface area contributed by atoms with Crippen molar-refractivity contribution in [2.45, 2.75) is 64.1 Å². The van der Waals surface area contributed by atoms with Crippen LogP contribution in [-0.2, 0) is 17.9 Å². The fourth-order valence-corrected chi connectivity index (χ4v) is 2.88. The molecule has 0 unspecified atom stereocenters. The van der Waals surface area contributed by atoms with Crippen LogP contribution in [0.1, 0.15) is 56.2 Å². The highest BCUT2D eigenvalue weighted by molar-refractivity contribution is 5.13. The van der Waals surface area contributed by atoms with E-state index in [4.69, 9.17) is 4.74 Å². The molecule has 2 aliphatic rings. The van der Waals surface area contributed by atoms with E-state index in [0.29, 0.717) is 6.61 Å². The molecule has 2 aliphatic carbocycles. The number of nitrogens with one attached hydrogen (secondary N) is 1. The van der Waals surface area contributed by atoms with Crippen molar-refractivity contribution in [3.8, 4) is 0 Å². The maximum absolute atomic E-state index is 5.83. The molecule has 1 heterocycles. The topological polar surface area (TPSA) is 34.1 Å². The van der Waals surface area contributed by atoms with Crippen LogP contribution in [0.15, 0.2) is 18.3 Å². The Labute approximate surface area is 122 Å². The van der Waals surface area contributed by atoms with E-state index in [1.807, 2.05) is 6.20 Å². The predicted molar refractivity (Wildman–Crippen MR) is 80.3 cm³/mol. The van der Waals surface area contributed by atoms with Crippen LogP contribution in [0.25, 0.3) is 0 Å². The normalized spacial score (nSPS) is 20.2. The van der Waals surface area contributed by atoms with Gasteiger partial charge in [0.25, 0.3) is 0 Å². The van der Waals surface area contributed by atoms with Crippen LogP contribution in [0.3, 0.4) is 0 Å². The Balaban J connectivity index is 1.36. The molecule has 2 saturated carbocycles. The molecule has 1 N–H and O–H groups in total. The molecule has 2 fully saturated rings. The Hall–Kier alpha value is -0.930. The molecule has 3 nitrogen and oxygen atoms in total. The van der Waals surface area contributed by atoms with Gasteiger partial charge in [-0.15, -0.1) is 0 Å². The second kappa shape index (κ2) is 7.19. The zero-order valence-corrected chi connectivity index (χ0v) is 12.3. The minimum atomic E-state index is 0.660. The van der Waals surface area contributed by atoms with E-state index in [9.17, 15) is 0 Å². The lowest BCUT2D eigenvalue weighted by molar-refractivity contribution is 0.0720. The molecule has 3 heteroatoms. The largest absolute Gasteiger partial charge is 0.375 e. The van der Waals surface area contributed by atoms with Crippen molar-refractivity contribution < 1.29 is 4.74 Å². The highest BCUT2D eigenvalue weighted by Gasteiger charge is 2.19. The summed E-state index contributed by atoms with van der Waals surface area (Å²) in [6.07, 6.45) is 11.5. The molecule has 0 atom stereocenters. The van der Waals surface area contributed by atoms with Gasteiger partial charge < -0.3 is 10.1 Å². The molecule has 0 amide bonds. The van der Waals surface area contributed by atoms with Gasteiger partial charge >= 0.3 is 0 Å². The molecule has 0 radical (unpaired) electrons. The number of aromatic nitrogens is 1. The van der Waals surface area contributed by atoms with E-state index in [1.54, 1.807) is 0 Å². The fraction of sp³-hybridized carbons (Fsp3) is 0.706. The zero-order chi connectivity index (χ0) is 13.6. The Kier molecular flexibility index (Phi) is 5.04. The molecule has 0 saturated heterocycles. The van der Waals surface area contributed by atoms with Crippen LogP contribution in [0.5, 0.6) is 0 Å². The molecule has 1 aromatic rings. The third-order valence-corrected chi connectivity index (χ3v) is 4.39. The summed E-state index contributed by atoms with van der Waals surface area (Å²) in [7, 11) is 0. The Morgan fingerprint density at radius 2 is 1.95 bits per heavy atom. The van der Waals surface area contributed by atoms with Gasteiger partial charge in [-0.3, -0.25) is 4.98 Å². The third kappa shape index (κ3) is 4.57. The maximum Gasteiger partial charge on any atom is 0.0887 e. The molecule has 1 aromatic heterocycles. The fourth-order valence-electron chi connectivity index (χ4n) is 2.88. The van der Waals surface area contributed by atoms with E-state index >= 15 is 0 Å². The smallest absolute Gasteiger partial charge is 0.0887 e. The molecule has 0 spiro atoms. The van der Waals surface area contributed by atoms with Crippen LogP contribution in [-0.4, -0.2) is 17.6 Å². The summed E-state index contributed by atoms with van der Waals surface area (Å²) in [5.41, 5.74) is 2.32. The number of hydrogen-bond acceptors (Lipinski definition) is 3. The summed E-state index contributed by atoms with van der Waals surface area (Å²) in [6.45, 7) is 2.51. The van der Waals surface area contributed by atoms with Gasteiger partial charge in [0.15, 0.2) is 0 Å². The number of ether oxygens (including phenoxy) is 1. The van der Waals surface area contributed by atoms with Crippen LogP contribution >= 0.6 is 0 Å². The van der Waals surface area contributed by atoms with Crippen molar-refractivity contribution in [3.63, 3.8) is 0 Å². The number of nitrogens with zero attached hydrogens (tertiary/aromatic N) is 1. The van der Waals surface area contributed by atoms with Crippen molar-refractivity contribution in [2.24, 2.45) is 5.92 Å². The van der Waals surface area contributed by atoms with E-state index in [2.05, 4.69) is 22.4 Å². The SMILES string of the molecule is c1cc(COCC2CCCCC2)ncc1CNC1CC1. The van der Waals surface area contributed by atoms with Crippen LogP contribution in [0.2, 0.25) is 0 Å². The van der Waals surface area contributed by atoms with E-state index in [1.165, 1.54) is 50.5 Å². The average molecular weight is 274 g/mol. The summed E-state index contributed by atoms with van der Waals surface area (Å²) < 4.78 is 5.83. The van der Waals surface area contributed by atoms with Gasteiger partial charge in [-0.2, -0.15) is 0 Å². The second-order valence-corrected chi connectivity index (χ2v) is 6.33. The van der Waals surface area contributed by atoms with Gasteiger partial charge in [0, 0.05) is 25.4 Å². The van der Waals surface area contributed by atoms with Crippen molar-refractivity contribution in [3.05, 3.63) is 29.6 Å². The summed E-state index contributed by atoms with van der Waals surface area (Å²) in [4.78, 5) is 4.49. The summed E-state index contributed by atoms with van der Waals surface area (Å²) in [5.74, 6) is 0.783. The molecule has 0 aromatic carbocycles. The van der Waals surface area contributed by atoms with Gasteiger partial charge in [0.05, 0.1) is 12.3 Å². The summed E-state index contributed by atoms with van der Waals surface area (Å²) >= 11 is 0. The Bertz CT molecular complexity index is 394. The Morgan fingerprint density at radius 1 is 1.10 bits per heavy atom. The lowest BCUT2D eigenvalue weighted by atomic mass is 9.90. The summed E-state index contributed by atoms with van der Waals surface area (Å²) in [5, 5.41) is 3.51. The monoisotopic (exact) mass is 274 g/mol. The predicted octanol–water partition coefficient (Wildman–Crippen LogP) is 3.43. The van der Waals surface area contributed by atoms with Crippen molar-refractivity contribution >= 4 is 0 Å². The quantitative estimate of drug-likeness (QED) is 0.827. The minimum absolute atomic E-state index is 0.660. The van der Waals surface area contributed by atoms with Crippen LogP contribution < -0.4 is 5.32 Å². The van der Waals surface area contributed by atoms with Gasteiger partial charge in [-0.1, -0.05) is 25.3 Å². The molecule has 0 bridgehead atoms. The highest BCUT2D eigenvalue weighted by Crippen LogP contribution is 2.24. The molecular weight excluding hydrogens is 248 g/mol. The van der Waals surface area contributed by atoms with Crippen LogP contribution in [0.4, 0.5) is 0 Å². The molecule has 20 heavy (non-hydrogen) atoms. The maximum atomic E-state index is 5.83. The zero-order valence-electron chi connectivity index (χ0n) is 12.3. The second-order valence-electron chi connectivity index (χ2n) is 6.33.